The monoisotopic (exact) mass is 182 g/mol. The third kappa shape index (κ3) is 14.4. The molecule has 1 N–H and O–H groups in total. The minimum atomic E-state index is 1.00. The van der Waals surface area contributed by atoms with Crippen molar-refractivity contribution in [1.82, 2.24) is 0 Å². The first-order chi connectivity index (χ1) is 6.50. The van der Waals surface area contributed by atoms with Crippen LogP contribution in [0.4, 0.5) is 0 Å². The van der Waals surface area contributed by atoms with Crippen LogP contribution in [0.2, 0.25) is 0 Å². The molecule has 0 amide bonds. The van der Waals surface area contributed by atoms with Crippen LogP contribution in [0.25, 0.3) is 0 Å². The SMILES string of the molecule is C1#CCCCCCC1.C1CC1.CO. The first kappa shape index (κ1) is 12.5. The van der Waals surface area contributed by atoms with Crippen molar-refractivity contribution in [3.8, 4) is 11.8 Å². The van der Waals surface area contributed by atoms with E-state index in [1.807, 2.05) is 0 Å². The maximum Gasteiger partial charge on any atom is 0.0319 e. The van der Waals surface area contributed by atoms with Crippen molar-refractivity contribution in [1.29, 1.82) is 0 Å². The van der Waals surface area contributed by atoms with Gasteiger partial charge < -0.3 is 5.11 Å². The molecule has 1 nitrogen and oxygen atoms in total. The standard InChI is InChI=1S/C8H12.C3H6.CH4O/c1-2-4-6-8-7-5-3-1;1-2-3-1;1-2/h1-6H2;1-3H2;2H,1H3. The van der Waals surface area contributed by atoms with E-state index in [0.717, 1.165) is 20.0 Å². The van der Waals surface area contributed by atoms with Gasteiger partial charge in [0.1, 0.15) is 0 Å². The molecule has 13 heavy (non-hydrogen) atoms. The van der Waals surface area contributed by atoms with Crippen molar-refractivity contribution in [2.45, 2.75) is 57.8 Å². The molecule has 2 rings (SSSR count). The maximum atomic E-state index is 7.00. The highest BCUT2D eigenvalue weighted by Gasteiger charge is 1.95. The van der Waals surface area contributed by atoms with Crippen LogP contribution < -0.4 is 0 Å². The fourth-order valence-corrected chi connectivity index (χ4v) is 0.957. The van der Waals surface area contributed by atoms with Crippen LogP contribution in [0, 0.1) is 11.8 Å². The van der Waals surface area contributed by atoms with Crippen molar-refractivity contribution in [3.63, 3.8) is 0 Å². The van der Waals surface area contributed by atoms with E-state index in [1.165, 1.54) is 44.9 Å². The molecule has 0 heterocycles. The smallest absolute Gasteiger partial charge is 0.0319 e. The molecule has 0 bridgehead atoms. The summed E-state index contributed by atoms with van der Waals surface area (Å²) in [6, 6.07) is 0. The van der Waals surface area contributed by atoms with Crippen molar-refractivity contribution in [2.24, 2.45) is 0 Å². The number of hydrogen-bond acceptors (Lipinski definition) is 1. The van der Waals surface area contributed by atoms with Gasteiger partial charge in [-0.25, -0.2) is 0 Å². The molecule has 1 heteroatoms. The number of rotatable bonds is 0. The van der Waals surface area contributed by atoms with Gasteiger partial charge in [-0.15, -0.1) is 11.8 Å². The number of aliphatic hydroxyl groups excluding tert-OH is 1. The Kier molecular flexibility index (Phi) is 11.1. The molecule has 76 valence electrons. The van der Waals surface area contributed by atoms with Crippen LogP contribution in [0.3, 0.4) is 0 Å². The zero-order chi connectivity index (χ0) is 9.78. The highest BCUT2D eigenvalue weighted by atomic mass is 16.2. The van der Waals surface area contributed by atoms with Gasteiger partial charge in [0.2, 0.25) is 0 Å². The van der Waals surface area contributed by atoms with Crippen LogP contribution in [0.1, 0.15) is 57.8 Å². The minimum Gasteiger partial charge on any atom is -0.400 e. The van der Waals surface area contributed by atoms with Crippen molar-refractivity contribution >= 4 is 0 Å². The quantitative estimate of drug-likeness (QED) is 0.571. The first-order valence-corrected chi connectivity index (χ1v) is 5.40. The van der Waals surface area contributed by atoms with Crippen LogP contribution in [0.5, 0.6) is 0 Å². The Morgan fingerprint density at radius 3 is 1.23 bits per heavy atom. The highest BCUT2D eigenvalue weighted by molar-refractivity contribution is 4.99. The lowest BCUT2D eigenvalue weighted by molar-refractivity contribution is 0.399. The lowest BCUT2D eigenvalue weighted by Gasteiger charge is -1.97. The molecule has 0 atom stereocenters. The van der Waals surface area contributed by atoms with Gasteiger partial charge in [0.25, 0.3) is 0 Å². The van der Waals surface area contributed by atoms with E-state index < -0.39 is 0 Å². The fourth-order valence-electron chi connectivity index (χ4n) is 0.957. The van der Waals surface area contributed by atoms with Gasteiger partial charge in [-0.1, -0.05) is 32.1 Å². The second-order valence-corrected chi connectivity index (χ2v) is 3.33. The van der Waals surface area contributed by atoms with Crippen molar-refractivity contribution in [2.75, 3.05) is 7.11 Å². The predicted molar refractivity (Wildman–Crippen MR) is 57.5 cm³/mol. The first-order valence-electron chi connectivity index (χ1n) is 5.40. The molecule has 0 aromatic heterocycles. The Morgan fingerprint density at radius 1 is 0.615 bits per heavy atom. The molecule has 2 aliphatic carbocycles. The van der Waals surface area contributed by atoms with Gasteiger partial charge in [-0.3, -0.25) is 0 Å². The lowest BCUT2D eigenvalue weighted by atomic mass is 10.1. The highest BCUT2D eigenvalue weighted by Crippen LogP contribution is 2.14. The summed E-state index contributed by atoms with van der Waals surface area (Å²) in [5.74, 6) is 6.27. The van der Waals surface area contributed by atoms with Crippen LogP contribution in [-0.4, -0.2) is 12.2 Å². The Bertz CT molecular complexity index is 124. The van der Waals surface area contributed by atoms with Crippen LogP contribution in [0.15, 0.2) is 0 Å². The van der Waals surface area contributed by atoms with Crippen molar-refractivity contribution in [3.05, 3.63) is 0 Å². The summed E-state index contributed by atoms with van der Waals surface area (Å²) < 4.78 is 0. The summed E-state index contributed by atoms with van der Waals surface area (Å²) in [5.41, 5.74) is 0. The van der Waals surface area contributed by atoms with E-state index in [4.69, 9.17) is 5.11 Å². The Hall–Kier alpha value is -0.480. The maximum absolute atomic E-state index is 7.00. The molecule has 0 aliphatic heterocycles. The summed E-state index contributed by atoms with van der Waals surface area (Å²) >= 11 is 0. The Balaban J connectivity index is 0.000000239. The lowest BCUT2D eigenvalue weighted by Crippen LogP contribution is -1.80. The molecule has 0 radical (unpaired) electrons. The topological polar surface area (TPSA) is 20.2 Å². The molecule has 0 aromatic carbocycles. The zero-order valence-corrected chi connectivity index (χ0v) is 8.81. The van der Waals surface area contributed by atoms with Crippen molar-refractivity contribution < 1.29 is 5.11 Å². The molecule has 1 saturated carbocycles. The summed E-state index contributed by atoms with van der Waals surface area (Å²) in [6.45, 7) is 0. The van der Waals surface area contributed by atoms with Gasteiger partial charge in [0.05, 0.1) is 0 Å². The third-order valence-electron chi connectivity index (χ3n) is 1.83. The van der Waals surface area contributed by atoms with E-state index in [1.54, 1.807) is 0 Å². The Labute approximate surface area is 82.5 Å². The molecular formula is C12H22O. The number of aliphatic hydroxyl groups is 1. The summed E-state index contributed by atoms with van der Waals surface area (Å²) in [4.78, 5) is 0. The summed E-state index contributed by atoms with van der Waals surface area (Å²) in [6.07, 6.45) is 12.2. The van der Waals surface area contributed by atoms with Gasteiger partial charge in [-0.05, 0) is 12.8 Å². The van der Waals surface area contributed by atoms with Gasteiger partial charge in [0, 0.05) is 20.0 Å². The van der Waals surface area contributed by atoms with Gasteiger partial charge in [-0.2, -0.15) is 0 Å². The minimum absolute atomic E-state index is 1.00. The fraction of sp³-hybridized carbons (Fsp3) is 0.833. The summed E-state index contributed by atoms with van der Waals surface area (Å²) in [7, 11) is 1.00. The molecule has 0 spiro atoms. The largest absolute Gasteiger partial charge is 0.400 e. The third-order valence-corrected chi connectivity index (χ3v) is 1.83. The van der Waals surface area contributed by atoms with E-state index in [-0.39, 0.29) is 0 Å². The molecule has 2 aliphatic rings. The predicted octanol–water partition coefficient (Wildman–Crippen LogP) is 3.12. The molecule has 0 aromatic rings. The van der Waals surface area contributed by atoms with E-state index in [2.05, 4.69) is 11.8 Å². The Morgan fingerprint density at radius 2 is 0.923 bits per heavy atom. The molecule has 0 unspecified atom stereocenters. The second-order valence-electron chi connectivity index (χ2n) is 3.33. The average molecular weight is 182 g/mol. The summed E-state index contributed by atoms with van der Waals surface area (Å²) in [5, 5.41) is 7.00. The number of hydrogen-bond donors (Lipinski definition) is 1. The van der Waals surface area contributed by atoms with Gasteiger partial charge in [0.15, 0.2) is 0 Å². The van der Waals surface area contributed by atoms with E-state index >= 15 is 0 Å². The molecule has 1 fully saturated rings. The normalized spacial score (nSPS) is 18.3. The zero-order valence-electron chi connectivity index (χ0n) is 8.81. The van der Waals surface area contributed by atoms with E-state index in [9.17, 15) is 0 Å². The average Bonchev–Trinajstić information content (AvgIpc) is 2.92. The van der Waals surface area contributed by atoms with E-state index in [0.29, 0.717) is 0 Å². The van der Waals surface area contributed by atoms with Crippen LogP contribution in [-0.2, 0) is 0 Å². The van der Waals surface area contributed by atoms with Crippen LogP contribution >= 0.6 is 0 Å². The molecular weight excluding hydrogens is 160 g/mol. The molecule has 0 saturated heterocycles. The second kappa shape index (κ2) is 11.5. The van der Waals surface area contributed by atoms with Gasteiger partial charge >= 0.3 is 0 Å².